The molecule has 0 atom stereocenters. The van der Waals surface area contributed by atoms with E-state index in [0.29, 0.717) is 3.57 Å². The van der Waals surface area contributed by atoms with Gasteiger partial charge in [0.25, 0.3) is 0 Å². The number of alkyl halides is 3. The van der Waals surface area contributed by atoms with Gasteiger partial charge < -0.3 is 9.47 Å². The van der Waals surface area contributed by atoms with Crippen molar-refractivity contribution >= 4 is 28.6 Å². The van der Waals surface area contributed by atoms with Crippen molar-refractivity contribution < 1.29 is 27.4 Å². The highest BCUT2D eigenvalue weighted by molar-refractivity contribution is 14.1. The van der Waals surface area contributed by atoms with Gasteiger partial charge in [0, 0.05) is 3.57 Å². The Kier molecular flexibility index (Phi) is 4.00. The molecule has 0 spiro atoms. The van der Waals surface area contributed by atoms with Gasteiger partial charge in [0.05, 0.1) is 7.11 Å². The summed E-state index contributed by atoms with van der Waals surface area (Å²) in [6.45, 7) is 0. The highest BCUT2D eigenvalue weighted by Gasteiger charge is 2.33. The van der Waals surface area contributed by atoms with Gasteiger partial charge in [-0.25, -0.2) is 4.79 Å². The summed E-state index contributed by atoms with van der Waals surface area (Å²) in [4.78, 5) is 11.3. The standard InChI is InChI=1S/C9H6F3IO3/c1-15-8(14)7-5(13)3-2-4-6(7)16-9(10,11)12/h2-4H,1H3. The van der Waals surface area contributed by atoms with E-state index in [1.807, 2.05) is 0 Å². The van der Waals surface area contributed by atoms with E-state index in [1.165, 1.54) is 12.1 Å². The monoisotopic (exact) mass is 346 g/mol. The second-order valence-corrected chi connectivity index (χ2v) is 3.81. The smallest absolute Gasteiger partial charge is 0.465 e. The van der Waals surface area contributed by atoms with Crippen LogP contribution in [0.15, 0.2) is 18.2 Å². The van der Waals surface area contributed by atoms with Crippen molar-refractivity contribution in [2.24, 2.45) is 0 Å². The Balaban J connectivity index is 3.18. The summed E-state index contributed by atoms with van der Waals surface area (Å²) < 4.78 is 44.6. The number of ether oxygens (including phenoxy) is 2. The van der Waals surface area contributed by atoms with Crippen LogP contribution in [0.1, 0.15) is 10.4 Å². The average Bonchev–Trinajstić information content (AvgIpc) is 2.14. The lowest BCUT2D eigenvalue weighted by molar-refractivity contribution is -0.274. The van der Waals surface area contributed by atoms with Crippen LogP contribution in [-0.4, -0.2) is 19.4 Å². The molecule has 0 aliphatic rings. The first-order chi connectivity index (χ1) is 7.35. The van der Waals surface area contributed by atoms with Gasteiger partial charge in [-0.1, -0.05) is 6.07 Å². The minimum absolute atomic E-state index is 0.233. The normalized spacial score (nSPS) is 11.1. The molecule has 0 radical (unpaired) electrons. The molecule has 0 aliphatic heterocycles. The summed E-state index contributed by atoms with van der Waals surface area (Å²) in [6.07, 6.45) is -4.84. The number of carbonyl (C=O) groups is 1. The molecule has 0 unspecified atom stereocenters. The number of carbonyl (C=O) groups excluding carboxylic acids is 1. The fourth-order valence-corrected chi connectivity index (χ4v) is 1.71. The number of hydrogen-bond acceptors (Lipinski definition) is 3. The zero-order chi connectivity index (χ0) is 12.3. The second-order valence-electron chi connectivity index (χ2n) is 2.65. The van der Waals surface area contributed by atoms with Gasteiger partial charge in [-0.2, -0.15) is 0 Å². The number of benzene rings is 1. The van der Waals surface area contributed by atoms with Gasteiger partial charge in [0.1, 0.15) is 11.3 Å². The SMILES string of the molecule is COC(=O)c1c(I)cccc1OC(F)(F)F. The largest absolute Gasteiger partial charge is 0.573 e. The molecule has 1 aromatic rings. The van der Waals surface area contributed by atoms with Crippen LogP contribution in [-0.2, 0) is 4.74 Å². The summed E-state index contributed by atoms with van der Waals surface area (Å²) in [5.74, 6) is -1.43. The Morgan fingerprint density at radius 3 is 2.50 bits per heavy atom. The predicted octanol–water partition coefficient (Wildman–Crippen LogP) is 2.98. The topological polar surface area (TPSA) is 35.5 Å². The minimum Gasteiger partial charge on any atom is -0.465 e. The van der Waals surface area contributed by atoms with Crippen LogP contribution in [0.5, 0.6) is 5.75 Å². The van der Waals surface area contributed by atoms with Crippen molar-refractivity contribution in [2.45, 2.75) is 6.36 Å². The van der Waals surface area contributed by atoms with E-state index in [0.717, 1.165) is 13.2 Å². The zero-order valence-corrected chi connectivity index (χ0v) is 10.1. The Bertz CT molecular complexity index is 403. The molecule has 0 heterocycles. The fourth-order valence-electron chi connectivity index (χ4n) is 1.01. The highest BCUT2D eigenvalue weighted by Crippen LogP contribution is 2.29. The molecule has 0 saturated carbocycles. The summed E-state index contributed by atoms with van der Waals surface area (Å²) in [6, 6.07) is 3.90. The van der Waals surface area contributed by atoms with Gasteiger partial charge in [-0.15, -0.1) is 13.2 Å². The van der Waals surface area contributed by atoms with Gasteiger partial charge in [-0.3, -0.25) is 0 Å². The van der Waals surface area contributed by atoms with Crippen molar-refractivity contribution in [2.75, 3.05) is 7.11 Å². The number of rotatable bonds is 2. The molecule has 1 rings (SSSR count). The molecule has 0 N–H and O–H groups in total. The molecule has 88 valence electrons. The van der Waals surface area contributed by atoms with Crippen LogP contribution >= 0.6 is 22.6 Å². The zero-order valence-electron chi connectivity index (χ0n) is 7.97. The molecule has 0 amide bonds. The molecule has 3 nitrogen and oxygen atoms in total. The maximum atomic E-state index is 12.0. The van der Waals surface area contributed by atoms with Gasteiger partial charge in [-0.05, 0) is 34.7 Å². The van der Waals surface area contributed by atoms with Crippen molar-refractivity contribution in [3.05, 3.63) is 27.3 Å². The molecule has 0 fully saturated rings. The molecule has 7 heteroatoms. The van der Waals surface area contributed by atoms with E-state index in [2.05, 4.69) is 9.47 Å². The summed E-state index contributed by atoms with van der Waals surface area (Å²) in [7, 11) is 1.09. The number of hydrogen-bond donors (Lipinski definition) is 0. The van der Waals surface area contributed by atoms with Crippen molar-refractivity contribution in [1.29, 1.82) is 0 Å². The van der Waals surface area contributed by atoms with E-state index in [9.17, 15) is 18.0 Å². The molecule has 0 aliphatic carbocycles. The van der Waals surface area contributed by atoms with Crippen LogP contribution in [0.25, 0.3) is 0 Å². The average molecular weight is 346 g/mol. The van der Waals surface area contributed by atoms with Gasteiger partial charge in [0.2, 0.25) is 0 Å². The van der Waals surface area contributed by atoms with E-state index in [1.54, 1.807) is 22.6 Å². The van der Waals surface area contributed by atoms with Crippen LogP contribution in [0.2, 0.25) is 0 Å². The van der Waals surface area contributed by atoms with Crippen molar-refractivity contribution in [3.8, 4) is 5.75 Å². The predicted molar refractivity (Wildman–Crippen MR) is 57.2 cm³/mol. The second kappa shape index (κ2) is 4.89. The van der Waals surface area contributed by atoms with Gasteiger partial charge >= 0.3 is 12.3 Å². The first-order valence-electron chi connectivity index (χ1n) is 3.97. The Hall–Kier alpha value is -0.990. The molecule has 0 saturated heterocycles. The Morgan fingerprint density at radius 1 is 1.38 bits per heavy atom. The van der Waals surface area contributed by atoms with Gasteiger partial charge in [0.15, 0.2) is 0 Å². The third kappa shape index (κ3) is 3.26. The van der Waals surface area contributed by atoms with Crippen LogP contribution in [0.4, 0.5) is 13.2 Å². The van der Waals surface area contributed by atoms with E-state index in [4.69, 9.17) is 0 Å². The first kappa shape index (κ1) is 13.1. The molecule has 1 aromatic carbocycles. The van der Waals surface area contributed by atoms with Crippen LogP contribution < -0.4 is 4.74 Å². The molecule has 0 aromatic heterocycles. The maximum Gasteiger partial charge on any atom is 0.573 e. The Labute approximate surface area is 103 Å². The number of methoxy groups -OCH3 is 1. The van der Waals surface area contributed by atoms with Crippen molar-refractivity contribution in [3.63, 3.8) is 0 Å². The molecule has 16 heavy (non-hydrogen) atoms. The molecule has 0 bridgehead atoms. The minimum atomic E-state index is -4.84. The molecular formula is C9H6F3IO3. The molecular weight excluding hydrogens is 340 g/mol. The van der Waals surface area contributed by atoms with E-state index < -0.39 is 18.1 Å². The highest BCUT2D eigenvalue weighted by atomic mass is 127. The van der Waals surface area contributed by atoms with Crippen LogP contribution in [0, 0.1) is 3.57 Å². The quantitative estimate of drug-likeness (QED) is 0.610. The third-order valence-corrected chi connectivity index (χ3v) is 2.49. The Morgan fingerprint density at radius 2 is 2.00 bits per heavy atom. The number of esters is 1. The summed E-state index contributed by atoms with van der Waals surface area (Å²) in [5.41, 5.74) is -0.233. The lowest BCUT2D eigenvalue weighted by Crippen LogP contribution is -2.19. The summed E-state index contributed by atoms with van der Waals surface area (Å²) in [5, 5.41) is 0. The fraction of sp³-hybridized carbons (Fsp3) is 0.222. The summed E-state index contributed by atoms with van der Waals surface area (Å²) >= 11 is 1.73. The van der Waals surface area contributed by atoms with E-state index >= 15 is 0 Å². The lowest BCUT2D eigenvalue weighted by Gasteiger charge is -2.12. The first-order valence-corrected chi connectivity index (χ1v) is 5.05. The van der Waals surface area contributed by atoms with E-state index in [-0.39, 0.29) is 5.56 Å². The maximum absolute atomic E-state index is 12.0. The van der Waals surface area contributed by atoms with Crippen LogP contribution in [0.3, 0.4) is 0 Å². The lowest BCUT2D eigenvalue weighted by atomic mass is 10.2. The van der Waals surface area contributed by atoms with Crippen molar-refractivity contribution in [1.82, 2.24) is 0 Å². The number of halogens is 4. The third-order valence-electron chi connectivity index (χ3n) is 1.59.